The van der Waals surface area contributed by atoms with Crippen LogP contribution < -0.4 is 9.47 Å². The van der Waals surface area contributed by atoms with Gasteiger partial charge in [-0.15, -0.1) is 11.3 Å². The lowest BCUT2D eigenvalue weighted by Crippen LogP contribution is -2.50. The van der Waals surface area contributed by atoms with Gasteiger partial charge in [-0.1, -0.05) is 12.1 Å². The van der Waals surface area contributed by atoms with Gasteiger partial charge in [0.2, 0.25) is 5.91 Å². The van der Waals surface area contributed by atoms with Crippen molar-refractivity contribution in [2.24, 2.45) is 5.92 Å². The SMILES string of the molecule is COc1cccc2c1OCC(C(=O)N1CCC3(CC1)OCCc1sccc13)C2. The molecule has 3 aliphatic rings. The van der Waals surface area contributed by atoms with E-state index in [1.807, 2.05) is 34.4 Å². The van der Waals surface area contributed by atoms with Crippen LogP contribution >= 0.6 is 11.3 Å². The summed E-state index contributed by atoms with van der Waals surface area (Å²) in [7, 11) is 1.64. The number of methoxy groups -OCH3 is 1. The molecule has 1 saturated heterocycles. The highest BCUT2D eigenvalue weighted by atomic mass is 32.1. The molecule has 0 radical (unpaired) electrons. The fourth-order valence-corrected chi connectivity index (χ4v) is 5.78. The number of ether oxygens (including phenoxy) is 3. The van der Waals surface area contributed by atoms with Gasteiger partial charge in [-0.05, 0) is 47.9 Å². The minimum Gasteiger partial charge on any atom is -0.493 e. The quantitative estimate of drug-likeness (QED) is 0.777. The molecule has 1 aromatic carbocycles. The molecule has 1 fully saturated rings. The Morgan fingerprint density at radius 3 is 2.96 bits per heavy atom. The minimum absolute atomic E-state index is 0.127. The average Bonchev–Trinajstić information content (AvgIpc) is 3.23. The van der Waals surface area contributed by atoms with Gasteiger partial charge in [-0.25, -0.2) is 0 Å². The lowest BCUT2D eigenvalue weighted by atomic mass is 9.82. The van der Waals surface area contributed by atoms with Gasteiger partial charge in [0.1, 0.15) is 6.61 Å². The molecule has 1 aromatic heterocycles. The molecule has 0 saturated carbocycles. The Kier molecular flexibility index (Phi) is 4.56. The van der Waals surface area contributed by atoms with Crippen LogP contribution in [0.15, 0.2) is 29.6 Å². The first-order valence-corrected chi connectivity index (χ1v) is 10.9. The van der Waals surface area contributed by atoms with Crippen molar-refractivity contribution >= 4 is 17.2 Å². The minimum atomic E-state index is -0.187. The molecule has 148 valence electrons. The van der Waals surface area contributed by atoms with Gasteiger partial charge in [-0.3, -0.25) is 4.79 Å². The number of para-hydroxylation sites is 1. The molecule has 5 nitrogen and oxygen atoms in total. The van der Waals surface area contributed by atoms with Crippen LogP contribution in [0.5, 0.6) is 11.5 Å². The van der Waals surface area contributed by atoms with E-state index in [0.29, 0.717) is 13.0 Å². The fourth-order valence-electron chi connectivity index (χ4n) is 4.83. The van der Waals surface area contributed by atoms with Gasteiger partial charge in [0.25, 0.3) is 0 Å². The van der Waals surface area contributed by atoms with Crippen molar-refractivity contribution in [2.75, 3.05) is 33.4 Å². The van der Waals surface area contributed by atoms with Crippen molar-refractivity contribution in [3.05, 3.63) is 45.6 Å². The summed E-state index contributed by atoms with van der Waals surface area (Å²) in [6, 6.07) is 8.09. The number of rotatable bonds is 2. The predicted octanol–water partition coefficient (Wildman–Crippen LogP) is 3.40. The highest BCUT2D eigenvalue weighted by molar-refractivity contribution is 7.10. The molecule has 5 rings (SSSR count). The van der Waals surface area contributed by atoms with E-state index in [1.165, 1.54) is 10.4 Å². The van der Waals surface area contributed by atoms with Crippen molar-refractivity contribution in [1.82, 2.24) is 4.90 Å². The molecule has 28 heavy (non-hydrogen) atoms. The normalized spacial score (nSPS) is 22.9. The van der Waals surface area contributed by atoms with Crippen LogP contribution in [0.1, 0.15) is 28.8 Å². The molecule has 3 aliphatic heterocycles. The van der Waals surface area contributed by atoms with Crippen molar-refractivity contribution in [2.45, 2.75) is 31.3 Å². The van der Waals surface area contributed by atoms with E-state index in [2.05, 4.69) is 11.4 Å². The van der Waals surface area contributed by atoms with Crippen LogP contribution in [0, 0.1) is 5.92 Å². The van der Waals surface area contributed by atoms with Crippen LogP contribution in [-0.2, 0) is 28.0 Å². The van der Waals surface area contributed by atoms with Gasteiger partial charge in [0.15, 0.2) is 11.5 Å². The Morgan fingerprint density at radius 1 is 1.29 bits per heavy atom. The molecule has 4 heterocycles. The molecule has 1 amide bonds. The monoisotopic (exact) mass is 399 g/mol. The Morgan fingerprint density at radius 2 is 2.14 bits per heavy atom. The Bertz CT molecular complexity index is 884. The Balaban J connectivity index is 1.27. The fraction of sp³-hybridized carbons (Fsp3) is 0.500. The zero-order chi connectivity index (χ0) is 19.1. The third-order valence-electron chi connectivity index (χ3n) is 6.35. The van der Waals surface area contributed by atoms with Crippen LogP contribution in [0.25, 0.3) is 0 Å². The Hall–Kier alpha value is -2.05. The number of nitrogens with zero attached hydrogens (tertiary/aromatic N) is 1. The van der Waals surface area contributed by atoms with Gasteiger partial charge < -0.3 is 19.1 Å². The highest BCUT2D eigenvalue weighted by Crippen LogP contribution is 2.44. The summed E-state index contributed by atoms with van der Waals surface area (Å²) in [4.78, 5) is 16.6. The highest BCUT2D eigenvalue weighted by Gasteiger charge is 2.43. The average molecular weight is 400 g/mol. The first-order chi connectivity index (χ1) is 13.7. The number of carbonyl (C=O) groups excluding carboxylic acids is 1. The first kappa shape index (κ1) is 18.0. The summed E-state index contributed by atoms with van der Waals surface area (Å²) in [5.74, 6) is 1.60. The molecule has 0 N–H and O–H groups in total. The number of carbonyl (C=O) groups is 1. The zero-order valence-electron chi connectivity index (χ0n) is 16.1. The van der Waals surface area contributed by atoms with Gasteiger partial charge in [0, 0.05) is 24.4 Å². The van der Waals surface area contributed by atoms with Crippen LogP contribution in [0.4, 0.5) is 0 Å². The molecule has 6 heteroatoms. The molecular weight excluding hydrogens is 374 g/mol. The summed E-state index contributed by atoms with van der Waals surface area (Å²) >= 11 is 1.83. The summed E-state index contributed by atoms with van der Waals surface area (Å²) in [6.07, 6.45) is 3.47. The largest absolute Gasteiger partial charge is 0.493 e. The van der Waals surface area contributed by atoms with E-state index in [0.717, 1.165) is 56.0 Å². The molecule has 2 aromatic rings. The lowest BCUT2D eigenvalue weighted by Gasteiger charge is -2.44. The summed E-state index contributed by atoms with van der Waals surface area (Å²) in [6.45, 7) is 2.70. The molecule has 0 aliphatic carbocycles. The van der Waals surface area contributed by atoms with Crippen molar-refractivity contribution in [1.29, 1.82) is 0 Å². The summed E-state index contributed by atoms with van der Waals surface area (Å²) in [5, 5.41) is 2.17. The number of amides is 1. The van der Waals surface area contributed by atoms with Crippen LogP contribution in [0.2, 0.25) is 0 Å². The number of benzene rings is 1. The number of hydrogen-bond donors (Lipinski definition) is 0. The van der Waals surface area contributed by atoms with E-state index in [-0.39, 0.29) is 17.4 Å². The van der Waals surface area contributed by atoms with Crippen molar-refractivity contribution < 1.29 is 19.0 Å². The van der Waals surface area contributed by atoms with Gasteiger partial charge in [0.05, 0.1) is 25.2 Å². The maximum absolute atomic E-state index is 13.2. The Labute approximate surface area is 169 Å². The second-order valence-electron chi connectivity index (χ2n) is 7.84. The number of hydrogen-bond acceptors (Lipinski definition) is 5. The molecule has 1 unspecified atom stereocenters. The second kappa shape index (κ2) is 7.08. The lowest BCUT2D eigenvalue weighted by molar-refractivity contribution is -0.145. The third-order valence-corrected chi connectivity index (χ3v) is 7.33. The maximum atomic E-state index is 13.2. The van der Waals surface area contributed by atoms with Gasteiger partial charge >= 0.3 is 0 Å². The predicted molar refractivity (Wildman–Crippen MR) is 107 cm³/mol. The molecule has 1 spiro atoms. The number of piperidine rings is 1. The topological polar surface area (TPSA) is 48.0 Å². The van der Waals surface area contributed by atoms with Crippen LogP contribution in [0.3, 0.4) is 0 Å². The van der Waals surface area contributed by atoms with Gasteiger partial charge in [-0.2, -0.15) is 0 Å². The molecule has 0 bridgehead atoms. The van der Waals surface area contributed by atoms with Crippen LogP contribution in [-0.4, -0.2) is 44.2 Å². The van der Waals surface area contributed by atoms with E-state index in [1.54, 1.807) is 7.11 Å². The standard InChI is InChI=1S/C22H25NO4S/c1-25-18-4-2-3-15-13-16(14-26-20(15)18)21(24)23-9-7-22(8-10-23)17-6-12-28-19(17)5-11-27-22/h2-4,6,12,16H,5,7-11,13-14H2,1H3. The first-order valence-electron chi connectivity index (χ1n) is 9.98. The number of likely N-dealkylation sites (tertiary alicyclic amines) is 1. The van der Waals surface area contributed by atoms with Crippen molar-refractivity contribution in [3.8, 4) is 11.5 Å². The van der Waals surface area contributed by atoms with E-state index >= 15 is 0 Å². The van der Waals surface area contributed by atoms with E-state index in [9.17, 15) is 4.79 Å². The van der Waals surface area contributed by atoms with Crippen molar-refractivity contribution in [3.63, 3.8) is 0 Å². The summed E-state index contributed by atoms with van der Waals surface area (Å²) < 4.78 is 17.6. The molecular formula is C22H25NO4S. The molecule has 1 atom stereocenters. The van der Waals surface area contributed by atoms with E-state index < -0.39 is 0 Å². The number of fused-ring (bicyclic) bond motifs is 3. The maximum Gasteiger partial charge on any atom is 0.229 e. The second-order valence-corrected chi connectivity index (χ2v) is 8.84. The third kappa shape index (κ3) is 2.90. The number of thiophene rings is 1. The zero-order valence-corrected chi connectivity index (χ0v) is 16.9. The smallest absolute Gasteiger partial charge is 0.229 e. The van der Waals surface area contributed by atoms with E-state index in [4.69, 9.17) is 14.2 Å². The summed E-state index contributed by atoms with van der Waals surface area (Å²) in [5.41, 5.74) is 2.22.